The summed E-state index contributed by atoms with van der Waals surface area (Å²) in [6, 6.07) is 0.498. The number of esters is 1. The zero-order chi connectivity index (χ0) is 12.3. The number of allylic oxidation sites excluding steroid dienone is 1. The Labute approximate surface area is 104 Å². The molecule has 1 saturated heterocycles. The van der Waals surface area contributed by atoms with Gasteiger partial charge in [0.1, 0.15) is 5.76 Å². The van der Waals surface area contributed by atoms with Crippen LogP contribution in [0.25, 0.3) is 0 Å². The van der Waals surface area contributed by atoms with E-state index < -0.39 is 0 Å². The maximum Gasteiger partial charge on any atom is 0.310 e. The number of nitrogens with zero attached hydrogens (tertiary/aromatic N) is 1. The fraction of sp³-hybridized carbons (Fsp3) is 0.786. The molecule has 0 N–H and O–H groups in total. The van der Waals surface area contributed by atoms with E-state index in [0.717, 1.165) is 30.9 Å². The van der Waals surface area contributed by atoms with Crippen LogP contribution in [-0.4, -0.2) is 30.5 Å². The van der Waals surface area contributed by atoms with Gasteiger partial charge in [0.15, 0.2) is 0 Å². The van der Waals surface area contributed by atoms with E-state index in [-0.39, 0.29) is 5.97 Å². The van der Waals surface area contributed by atoms with Crippen LogP contribution in [-0.2, 0) is 9.53 Å². The Morgan fingerprint density at radius 1 is 1.53 bits per heavy atom. The molecule has 0 bridgehead atoms. The van der Waals surface area contributed by atoms with Gasteiger partial charge >= 0.3 is 5.97 Å². The Hall–Kier alpha value is -0.830. The summed E-state index contributed by atoms with van der Waals surface area (Å²) in [5.74, 6) is 1.62. The fourth-order valence-electron chi connectivity index (χ4n) is 2.83. The zero-order valence-corrected chi connectivity index (χ0v) is 10.9. The van der Waals surface area contributed by atoms with Gasteiger partial charge in [0.25, 0.3) is 0 Å². The Bertz CT molecular complexity index is 311. The normalized spacial score (nSPS) is 28.7. The lowest BCUT2D eigenvalue weighted by Gasteiger charge is -2.27. The summed E-state index contributed by atoms with van der Waals surface area (Å²) in [4.78, 5) is 13.9. The number of carbonyl (C=O) groups excluding carboxylic acids is 1. The standard InChI is InChI=1S/C14H23NO2/c1-3-4-5-14(16)17-12-7-6-11-8-9-15(2)13(11)10-12/h10-11,13H,3-9H2,1-2H3. The number of likely N-dealkylation sites (N-methyl/N-ethyl adjacent to an activating group) is 1. The lowest BCUT2D eigenvalue weighted by Crippen LogP contribution is -2.30. The van der Waals surface area contributed by atoms with Gasteiger partial charge in [-0.25, -0.2) is 0 Å². The second-order valence-electron chi connectivity index (χ2n) is 5.27. The van der Waals surface area contributed by atoms with Crippen LogP contribution < -0.4 is 0 Å². The highest BCUT2D eigenvalue weighted by atomic mass is 16.5. The van der Waals surface area contributed by atoms with Gasteiger partial charge in [-0.05, 0) is 44.8 Å². The third-order valence-electron chi connectivity index (χ3n) is 3.94. The smallest absolute Gasteiger partial charge is 0.310 e. The third-order valence-corrected chi connectivity index (χ3v) is 3.94. The van der Waals surface area contributed by atoms with Crippen molar-refractivity contribution in [2.45, 2.75) is 51.5 Å². The van der Waals surface area contributed by atoms with Crippen LogP contribution in [0.5, 0.6) is 0 Å². The molecule has 0 saturated carbocycles. The van der Waals surface area contributed by atoms with E-state index in [9.17, 15) is 4.79 Å². The van der Waals surface area contributed by atoms with Crippen molar-refractivity contribution in [3.05, 3.63) is 11.8 Å². The molecule has 1 fully saturated rings. The summed E-state index contributed by atoms with van der Waals surface area (Å²) in [6.45, 7) is 3.26. The predicted molar refractivity (Wildman–Crippen MR) is 67.5 cm³/mol. The number of carbonyl (C=O) groups is 1. The van der Waals surface area contributed by atoms with E-state index in [1.165, 1.54) is 19.4 Å². The molecule has 0 radical (unpaired) electrons. The predicted octanol–water partition coefficient (Wildman–Crippen LogP) is 2.72. The van der Waals surface area contributed by atoms with Crippen LogP contribution in [0.2, 0.25) is 0 Å². The molecule has 0 aromatic heterocycles. The average molecular weight is 237 g/mol. The van der Waals surface area contributed by atoms with Gasteiger partial charge in [0, 0.05) is 18.9 Å². The first-order chi connectivity index (χ1) is 8.20. The second kappa shape index (κ2) is 5.67. The van der Waals surface area contributed by atoms with E-state index in [0.29, 0.717) is 12.5 Å². The Morgan fingerprint density at radius 2 is 2.35 bits per heavy atom. The van der Waals surface area contributed by atoms with Crippen molar-refractivity contribution in [2.24, 2.45) is 5.92 Å². The maximum absolute atomic E-state index is 11.6. The number of likely N-dealkylation sites (tertiary alicyclic amines) is 1. The van der Waals surface area contributed by atoms with Crippen LogP contribution in [0.4, 0.5) is 0 Å². The van der Waals surface area contributed by atoms with E-state index in [2.05, 4.69) is 24.9 Å². The molecule has 2 unspecified atom stereocenters. The van der Waals surface area contributed by atoms with Crippen molar-refractivity contribution < 1.29 is 9.53 Å². The molecule has 1 aliphatic heterocycles. The highest BCUT2D eigenvalue weighted by molar-refractivity contribution is 5.70. The fourth-order valence-corrected chi connectivity index (χ4v) is 2.83. The van der Waals surface area contributed by atoms with Crippen molar-refractivity contribution >= 4 is 5.97 Å². The summed E-state index contributed by atoms with van der Waals surface area (Å²) in [7, 11) is 2.16. The van der Waals surface area contributed by atoms with Crippen molar-refractivity contribution in [1.29, 1.82) is 0 Å². The molecule has 3 heteroatoms. The Kier molecular flexibility index (Phi) is 4.21. The average Bonchev–Trinajstić information content (AvgIpc) is 2.68. The molecular weight excluding hydrogens is 214 g/mol. The van der Waals surface area contributed by atoms with Crippen LogP contribution in [0.15, 0.2) is 11.8 Å². The van der Waals surface area contributed by atoms with Gasteiger partial charge < -0.3 is 4.74 Å². The quantitative estimate of drug-likeness (QED) is 0.704. The van der Waals surface area contributed by atoms with Gasteiger partial charge in [-0.15, -0.1) is 0 Å². The first kappa shape index (κ1) is 12.6. The Morgan fingerprint density at radius 3 is 3.12 bits per heavy atom. The summed E-state index contributed by atoms with van der Waals surface area (Å²) in [5.41, 5.74) is 0. The SMILES string of the molecule is CCCCC(=O)OC1=CC2C(CC1)CCN2C. The number of hydrogen-bond donors (Lipinski definition) is 0. The topological polar surface area (TPSA) is 29.5 Å². The molecule has 0 spiro atoms. The summed E-state index contributed by atoms with van der Waals surface area (Å²) < 4.78 is 5.45. The molecule has 0 amide bonds. The van der Waals surface area contributed by atoms with Crippen LogP contribution in [0.3, 0.4) is 0 Å². The first-order valence-corrected chi connectivity index (χ1v) is 6.82. The highest BCUT2D eigenvalue weighted by Gasteiger charge is 2.33. The second-order valence-corrected chi connectivity index (χ2v) is 5.27. The molecule has 1 heterocycles. The van der Waals surface area contributed by atoms with Crippen molar-refractivity contribution in [3.8, 4) is 0 Å². The van der Waals surface area contributed by atoms with E-state index >= 15 is 0 Å². The minimum atomic E-state index is -0.0581. The number of hydrogen-bond acceptors (Lipinski definition) is 3. The number of rotatable bonds is 4. The first-order valence-electron chi connectivity index (χ1n) is 6.82. The molecule has 17 heavy (non-hydrogen) atoms. The molecule has 0 aromatic carbocycles. The molecule has 3 nitrogen and oxygen atoms in total. The highest BCUT2D eigenvalue weighted by Crippen LogP contribution is 2.34. The molecular formula is C14H23NO2. The third kappa shape index (κ3) is 3.09. The molecule has 2 aliphatic rings. The molecule has 96 valence electrons. The van der Waals surface area contributed by atoms with Gasteiger partial charge in [-0.1, -0.05) is 13.3 Å². The Balaban J connectivity index is 1.89. The minimum absolute atomic E-state index is 0.0581. The minimum Gasteiger partial charge on any atom is -0.431 e. The molecule has 2 rings (SSSR count). The van der Waals surface area contributed by atoms with Gasteiger partial charge in [0.05, 0.1) is 0 Å². The molecule has 1 aliphatic carbocycles. The van der Waals surface area contributed by atoms with Gasteiger partial charge in [0.2, 0.25) is 0 Å². The number of unbranched alkanes of at least 4 members (excludes halogenated alkanes) is 1. The van der Waals surface area contributed by atoms with Crippen LogP contribution in [0.1, 0.15) is 45.4 Å². The molecule has 0 aromatic rings. The van der Waals surface area contributed by atoms with Gasteiger partial charge in [-0.2, -0.15) is 0 Å². The largest absolute Gasteiger partial charge is 0.431 e. The molecule has 2 atom stereocenters. The van der Waals surface area contributed by atoms with E-state index in [1.807, 2.05) is 0 Å². The number of ether oxygens (including phenoxy) is 1. The summed E-state index contributed by atoms with van der Waals surface area (Å²) in [5, 5.41) is 0. The van der Waals surface area contributed by atoms with Crippen molar-refractivity contribution in [3.63, 3.8) is 0 Å². The number of fused-ring (bicyclic) bond motifs is 1. The lowest BCUT2D eigenvalue weighted by molar-refractivity contribution is -0.140. The summed E-state index contributed by atoms with van der Waals surface area (Å²) >= 11 is 0. The maximum atomic E-state index is 11.6. The van der Waals surface area contributed by atoms with Gasteiger partial charge in [-0.3, -0.25) is 9.69 Å². The van der Waals surface area contributed by atoms with E-state index in [4.69, 9.17) is 4.74 Å². The van der Waals surface area contributed by atoms with Crippen molar-refractivity contribution in [1.82, 2.24) is 4.90 Å². The van der Waals surface area contributed by atoms with Crippen LogP contribution in [0, 0.1) is 5.92 Å². The lowest BCUT2D eigenvalue weighted by atomic mass is 9.89. The summed E-state index contributed by atoms with van der Waals surface area (Å²) in [6.07, 6.45) is 8.09. The monoisotopic (exact) mass is 237 g/mol. The van der Waals surface area contributed by atoms with Crippen LogP contribution >= 0.6 is 0 Å². The van der Waals surface area contributed by atoms with Crippen molar-refractivity contribution in [2.75, 3.05) is 13.6 Å². The zero-order valence-electron chi connectivity index (χ0n) is 10.9. The van der Waals surface area contributed by atoms with E-state index in [1.54, 1.807) is 0 Å².